The first kappa shape index (κ1) is 14.5. The third-order valence-electron chi connectivity index (χ3n) is 3.84. The Morgan fingerprint density at radius 1 is 1.25 bits per heavy atom. The molecule has 2 atom stereocenters. The van der Waals surface area contributed by atoms with Gasteiger partial charge in [-0.2, -0.15) is 0 Å². The summed E-state index contributed by atoms with van der Waals surface area (Å²) in [7, 11) is 1.62. The van der Waals surface area contributed by atoms with Crippen molar-refractivity contribution in [1.82, 2.24) is 9.97 Å². The van der Waals surface area contributed by atoms with Gasteiger partial charge in [0.1, 0.15) is 6.33 Å². The van der Waals surface area contributed by atoms with Crippen molar-refractivity contribution in [2.45, 2.75) is 45.1 Å². The predicted molar refractivity (Wildman–Crippen MR) is 77.9 cm³/mol. The Labute approximate surface area is 118 Å². The van der Waals surface area contributed by atoms with Crippen LogP contribution < -0.4 is 10.6 Å². The maximum absolute atomic E-state index is 11.2. The van der Waals surface area contributed by atoms with E-state index in [9.17, 15) is 10.1 Å². The number of rotatable bonds is 4. The zero-order valence-electron chi connectivity index (χ0n) is 11.9. The smallest absolute Gasteiger partial charge is 0.353 e. The van der Waals surface area contributed by atoms with Crippen LogP contribution in [-0.2, 0) is 0 Å². The van der Waals surface area contributed by atoms with Gasteiger partial charge in [-0.05, 0) is 25.2 Å². The minimum Gasteiger partial charge on any atom is -0.367 e. The molecule has 2 rings (SSSR count). The standard InChI is InChI=1S/C13H21N5O2/c1-9-4-3-5-10(7-6-9)17-13-11(18(19)20)12(14-2)15-8-16-13/h8-10H,3-7H2,1-2H3,(H2,14,15,16,17). The third kappa shape index (κ3) is 3.34. The maximum atomic E-state index is 11.2. The summed E-state index contributed by atoms with van der Waals surface area (Å²) in [5, 5.41) is 17.2. The van der Waals surface area contributed by atoms with Crippen LogP contribution in [0, 0.1) is 16.0 Å². The summed E-state index contributed by atoms with van der Waals surface area (Å²) in [5.41, 5.74) is -0.0766. The largest absolute Gasteiger partial charge is 0.367 e. The predicted octanol–water partition coefficient (Wildman–Crippen LogP) is 2.81. The molecule has 1 aromatic rings. The number of anilines is 2. The molecule has 110 valence electrons. The molecule has 20 heavy (non-hydrogen) atoms. The van der Waals surface area contributed by atoms with E-state index in [0.717, 1.165) is 31.6 Å². The second-order valence-corrected chi connectivity index (χ2v) is 5.38. The fourth-order valence-corrected chi connectivity index (χ4v) is 2.67. The molecule has 0 aromatic carbocycles. The van der Waals surface area contributed by atoms with Crippen molar-refractivity contribution < 1.29 is 4.92 Å². The maximum Gasteiger partial charge on any atom is 0.353 e. The van der Waals surface area contributed by atoms with Crippen molar-refractivity contribution in [2.75, 3.05) is 17.7 Å². The first-order chi connectivity index (χ1) is 9.61. The van der Waals surface area contributed by atoms with Crippen LogP contribution in [0.5, 0.6) is 0 Å². The van der Waals surface area contributed by atoms with Gasteiger partial charge >= 0.3 is 5.69 Å². The van der Waals surface area contributed by atoms with Gasteiger partial charge in [0.2, 0.25) is 11.6 Å². The average Bonchev–Trinajstić information content (AvgIpc) is 2.63. The quantitative estimate of drug-likeness (QED) is 0.500. The molecule has 2 N–H and O–H groups in total. The lowest BCUT2D eigenvalue weighted by atomic mass is 10.0. The lowest BCUT2D eigenvalue weighted by Crippen LogP contribution is -2.20. The molecule has 1 aliphatic carbocycles. The van der Waals surface area contributed by atoms with Gasteiger partial charge in [0.25, 0.3) is 0 Å². The van der Waals surface area contributed by atoms with E-state index in [1.807, 2.05) is 0 Å². The molecule has 1 fully saturated rings. The van der Waals surface area contributed by atoms with E-state index in [1.54, 1.807) is 7.05 Å². The summed E-state index contributed by atoms with van der Waals surface area (Å²) in [6, 6.07) is 0.248. The molecule has 0 spiro atoms. The molecule has 1 heterocycles. The summed E-state index contributed by atoms with van der Waals surface area (Å²) in [6.07, 6.45) is 6.93. The van der Waals surface area contributed by atoms with Gasteiger partial charge in [-0.25, -0.2) is 9.97 Å². The van der Waals surface area contributed by atoms with Gasteiger partial charge in [-0.3, -0.25) is 10.1 Å². The molecule has 1 aliphatic rings. The molecule has 2 unspecified atom stereocenters. The number of nitrogens with one attached hydrogen (secondary N) is 2. The first-order valence-corrected chi connectivity index (χ1v) is 7.05. The Kier molecular flexibility index (Phi) is 4.70. The van der Waals surface area contributed by atoms with E-state index in [2.05, 4.69) is 27.5 Å². The molecule has 1 aromatic heterocycles. The van der Waals surface area contributed by atoms with Crippen LogP contribution in [0.1, 0.15) is 39.0 Å². The Balaban J connectivity index is 2.18. The fraction of sp³-hybridized carbons (Fsp3) is 0.692. The highest BCUT2D eigenvalue weighted by atomic mass is 16.6. The van der Waals surface area contributed by atoms with Crippen molar-refractivity contribution >= 4 is 17.3 Å². The van der Waals surface area contributed by atoms with E-state index in [4.69, 9.17) is 0 Å². The van der Waals surface area contributed by atoms with E-state index >= 15 is 0 Å². The van der Waals surface area contributed by atoms with Crippen LogP contribution in [0.4, 0.5) is 17.3 Å². The SMILES string of the molecule is CNc1ncnc(NC2CCCC(C)CC2)c1[N+](=O)[O-]. The molecule has 0 saturated heterocycles. The van der Waals surface area contributed by atoms with Crippen molar-refractivity contribution in [1.29, 1.82) is 0 Å². The van der Waals surface area contributed by atoms with Gasteiger partial charge < -0.3 is 10.6 Å². The topological polar surface area (TPSA) is 93.0 Å². The molecular formula is C13H21N5O2. The van der Waals surface area contributed by atoms with Crippen LogP contribution in [0.3, 0.4) is 0 Å². The second-order valence-electron chi connectivity index (χ2n) is 5.38. The summed E-state index contributed by atoms with van der Waals surface area (Å²) in [5.74, 6) is 1.29. The zero-order valence-corrected chi connectivity index (χ0v) is 11.9. The summed E-state index contributed by atoms with van der Waals surface area (Å²) < 4.78 is 0. The van der Waals surface area contributed by atoms with Gasteiger partial charge in [-0.1, -0.05) is 19.8 Å². The Hall–Kier alpha value is -1.92. The third-order valence-corrected chi connectivity index (χ3v) is 3.84. The highest BCUT2D eigenvalue weighted by Gasteiger charge is 2.25. The summed E-state index contributed by atoms with van der Waals surface area (Å²) in [4.78, 5) is 18.7. The van der Waals surface area contributed by atoms with Crippen molar-refractivity contribution in [3.63, 3.8) is 0 Å². The first-order valence-electron chi connectivity index (χ1n) is 7.05. The molecule has 0 aliphatic heterocycles. The monoisotopic (exact) mass is 279 g/mol. The Morgan fingerprint density at radius 3 is 2.70 bits per heavy atom. The van der Waals surface area contributed by atoms with Gasteiger partial charge in [0, 0.05) is 13.1 Å². The van der Waals surface area contributed by atoms with Gasteiger partial charge in [0.05, 0.1) is 4.92 Å². The molecule has 7 nitrogen and oxygen atoms in total. The molecule has 0 radical (unpaired) electrons. The summed E-state index contributed by atoms with van der Waals surface area (Å²) in [6.45, 7) is 2.26. The summed E-state index contributed by atoms with van der Waals surface area (Å²) >= 11 is 0. The number of aromatic nitrogens is 2. The highest BCUT2D eigenvalue weighted by Crippen LogP contribution is 2.31. The van der Waals surface area contributed by atoms with Crippen molar-refractivity contribution in [2.24, 2.45) is 5.92 Å². The Morgan fingerprint density at radius 2 is 2.00 bits per heavy atom. The van der Waals surface area contributed by atoms with Crippen LogP contribution in [0.25, 0.3) is 0 Å². The van der Waals surface area contributed by atoms with Gasteiger partial charge in [-0.15, -0.1) is 0 Å². The average molecular weight is 279 g/mol. The van der Waals surface area contributed by atoms with Crippen LogP contribution >= 0.6 is 0 Å². The van der Waals surface area contributed by atoms with E-state index in [0.29, 0.717) is 5.82 Å². The zero-order chi connectivity index (χ0) is 14.5. The van der Waals surface area contributed by atoms with Crippen molar-refractivity contribution in [3.05, 3.63) is 16.4 Å². The van der Waals surface area contributed by atoms with E-state index in [1.165, 1.54) is 12.7 Å². The van der Waals surface area contributed by atoms with Crippen LogP contribution in [0.2, 0.25) is 0 Å². The lowest BCUT2D eigenvalue weighted by Gasteiger charge is -2.17. The number of hydrogen-bond donors (Lipinski definition) is 2. The fourth-order valence-electron chi connectivity index (χ4n) is 2.67. The van der Waals surface area contributed by atoms with E-state index in [-0.39, 0.29) is 17.5 Å². The molecule has 0 bridgehead atoms. The minimum absolute atomic E-state index is 0.0766. The Bertz CT molecular complexity index is 480. The molecular weight excluding hydrogens is 258 g/mol. The second kappa shape index (κ2) is 6.49. The van der Waals surface area contributed by atoms with Crippen LogP contribution in [0.15, 0.2) is 6.33 Å². The van der Waals surface area contributed by atoms with E-state index < -0.39 is 4.92 Å². The normalized spacial score (nSPS) is 22.9. The number of nitro groups is 1. The number of nitrogens with zero attached hydrogens (tertiary/aromatic N) is 3. The molecule has 7 heteroatoms. The van der Waals surface area contributed by atoms with Gasteiger partial charge in [0.15, 0.2) is 0 Å². The minimum atomic E-state index is -0.437. The lowest BCUT2D eigenvalue weighted by molar-refractivity contribution is -0.383. The molecule has 0 amide bonds. The molecule has 1 saturated carbocycles. The number of hydrogen-bond acceptors (Lipinski definition) is 6. The van der Waals surface area contributed by atoms with Crippen molar-refractivity contribution in [3.8, 4) is 0 Å². The van der Waals surface area contributed by atoms with Crippen LogP contribution in [-0.4, -0.2) is 28.0 Å². The highest BCUT2D eigenvalue weighted by molar-refractivity contribution is 5.69.